The second-order valence-electron chi connectivity index (χ2n) is 3.61. The van der Waals surface area contributed by atoms with E-state index in [2.05, 4.69) is 31.2 Å². The Kier molecular flexibility index (Phi) is 3.91. The van der Waals surface area contributed by atoms with Gasteiger partial charge in [0.2, 0.25) is 0 Å². The summed E-state index contributed by atoms with van der Waals surface area (Å²) >= 11 is 0. The lowest BCUT2D eigenvalue weighted by Gasteiger charge is -2.09. The molecule has 2 N–H and O–H groups in total. The normalized spacial score (nSPS) is 11.2. The molecule has 0 radical (unpaired) electrons. The number of hydrazone groups is 1. The molecule has 0 unspecified atom stereocenters. The van der Waals surface area contributed by atoms with E-state index in [1.165, 1.54) is 0 Å². The molecule has 0 aliphatic heterocycles. The molecular weight excluding hydrogens is 248 g/mol. The first kappa shape index (κ1) is 12.8. The highest BCUT2D eigenvalue weighted by Crippen LogP contribution is 2.27. The lowest BCUT2D eigenvalue weighted by atomic mass is 10.1. The predicted molar refractivity (Wildman–Crippen MR) is 69.6 cm³/mol. The summed E-state index contributed by atoms with van der Waals surface area (Å²) in [5.41, 5.74) is 4.34. The van der Waals surface area contributed by atoms with Gasteiger partial charge < -0.3 is 9.47 Å². The second kappa shape index (κ2) is 5.80. The minimum Gasteiger partial charge on any atom is -0.493 e. The first-order chi connectivity index (χ1) is 9.24. The molecule has 2 aromatic rings. The van der Waals surface area contributed by atoms with Gasteiger partial charge in [0.15, 0.2) is 11.5 Å². The van der Waals surface area contributed by atoms with E-state index in [1.807, 2.05) is 25.1 Å². The van der Waals surface area contributed by atoms with Gasteiger partial charge in [-0.2, -0.15) is 10.3 Å². The van der Waals surface area contributed by atoms with Crippen LogP contribution in [0.15, 0.2) is 23.3 Å². The van der Waals surface area contributed by atoms with E-state index in [4.69, 9.17) is 9.47 Å². The molecule has 0 aliphatic carbocycles. The number of hydrogen-bond acceptors (Lipinski definition) is 7. The Morgan fingerprint density at radius 1 is 1.26 bits per heavy atom. The van der Waals surface area contributed by atoms with Gasteiger partial charge in [0.1, 0.15) is 0 Å². The minimum atomic E-state index is 0.305. The Morgan fingerprint density at radius 3 is 2.68 bits per heavy atom. The number of methoxy groups -OCH3 is 2. The van der Waals surface area contributed by atoms with E-state index in [1.54, 1.807) is 14.2 Å². The number of anilines is 1. The molecule has 0 amide bonds. The van der Waals surface area contributed by atoms with Crippen molar-refractivity contribution in [1.29, 1.82) is 0 Å². The summed E-state index contributed by atoms with van der Waals surface area (Å²) < 4.78 is 10.4. The smallest absolute Gasteiger partial charge is 0.283 e. The highest BCUT2D eigenvalue weighted by atomic mass is 16.5. The number of aromatic nitrogens is 4. The van der Waals surface area contributed by atoms with Crippen LogP contribution in [0.2, 0.25) is 0 Å². The first-order valence-electron chi connectivity index (χ1n) is 5.50. The molecule has 0 saturated carbocycles. The Morgan fingerprint density at radius 2 is 2.05 bits per heavy atom. The predicted octanol–water partition coefficient (Wildman–Crippen LogP) is 1.05. The molecule has 2 rings (SSSR count). The molecule has 0 saturated heterocycles. The van der Waals surface area contributed by atoms with Crippen LogP contribution >= 0.6 is 0 Å². The fourth-order valence-corrected chi connectivity index (χ4v) is 1.47. The lowest BCUT2D eigenvalue weighted by Crippen LogP contribution is -2.02. The third kappa shape index (κ3) is 2.97. The Balaban J connectivity index is 2.18. The molecule has 19 heavy (non-hydrogen) atoms. The van der Waals surface area contributed by atoms with Gasteiger partial charge in [0, 0.05) is 5.56 Å². The van der Waals surface area contributed by atoms with Crippen LogP contribution in [0.1, 0.15) is 12.5 Å². The van der Waals surface area contributed by atoms with Crippen LogP contribution in [-0.4, -0.2) is 40.6 Å². The highest BCUT2D eigenvalue weighted by molar-refractivity contribution is 5.99. The summed E-state index contributed by atoms with van der Waals surface area (Å²) in [6, 6.07) is 5.55. The molecule has 1 aromatic carbocycles. The number of rotatable bonds is 5. The lowest BCUT2D eigenvalue weighted by molar-refractivity contribution is 0.355. The summed E-state index contributed by atoms with van der Waals surface area (Å²) in [6.07, 6.45) is 0. The largest absolute Gasteiger partial charge is 0.493 e. The molecule has 0 bridgehead atoms. The van der Waals surface area contributed by atoms with Gasteiger partial charge in [-0.05, 0) is 30.3 Å². The van der Waals surface area contributed by atoms with Crippen LogP contribution in [-0.2, 0) is 0 Å². The molecular formula is C11H14N6O2. The molecule has 100 valence electrons. The standard InChI is InChI=1S/C11H14N6O2/c1-7(12-13-11-14-16-17-15-11)8-4-5-9(18-2)10(6-8)19-3/h4-6H,1-3H3,(H2,13,14,15,16,17)/b12-7-. The fourth-order valence-electron chi connectivity index (χ4n) is 1.47. The van der Waals surface area contributed by atoms with Gasteiger partial charge in [-0.1, -0.05) is 5.10 Å². The molecule has 1 heterocycles. The Bertz CT molecular complexity index is 567. The third-order valence-electron chi connectivity index (χ3n) is 2.47. The summed E-state index contributed by atoms with van der Waals surface area (Å²) in [5, 5.41) is 17.4. The van der Waals surface area contributed by atoms with Crippen molar-refractivity contribution < 1.29 is 9.47 Å². The Labute approximate surface area is 109 Å². The van der Waals surface area contributed by atoms with Gasteiger partial charge in [0.25, 0.3) is 5.95 Å². The van der Waals surface area contributed by atoms with Crippen LogP contribution in [0, 0.1) is 0 Å². The van der Waals surface area contributed by atoms with Crippen molar-refractivity contribution >= 4 is 11.7 Å². The SMILES string of the molecule is COc1ccc(/C(C)=N\Nc2nn[nH]n2)cc1OC. The third-order valence-corrected chi connectivity index (χ3v) is 2.47. The molecule has 0 aliphatic rings. The Hall–Kier alpha value is -2.64. The average molecular weight is 262 g/mol. The second-order valence-corrected chi connectivity index (χ2v) is 3.61. The van der Waals surface area contributed by atoms with Gasteiger partial charge in [0.05, 0.1) is 19.9 Å². The van der Waals surface area contributed by atoms with Gasteiger partial charge >= 0.3 is 0 Å². The van der Waals surface area contributed by atoms with Crippen LogP contribution in [0.25, 0.3) is 0 Å². The molecule has 8 nitrogen and oxygen atoms in total. The van der Waals surface area contributed by atoms with Gasteiger partial charge in [-0.3, -0.25) is 0 Å². The van der Waals surface area contributed by atoms with Crippen molar-refractivity contribution in [1.82, 2.24) is 20.6 Å². The van der Waals surface area contributed by atoms with E-state index >= 15 is 0 Å². The van der Waals surface area contributed by atoms with Crippen molar-refractivity contribution in [3.8, 4) is 11.5 Å². The quantitative estimate of drug-likeness (QED) is 0.617. The number of ether oxygens (including phenoxy) is 2. The van der Waals surface area contributed by atoms with Crippen LogP contribution in [0.3, 0.4) is 0 Å². The van der Waals surface area contributed by atoms with Crippen LogP contribution < -0.4 is 14.9 Å². The number of H-pyrrole nitrogens is 1. The highest BCUT2D eigenvalue weighted by Gasteiger charge is 2.06. The molecule has 0 atom stereocenters. The zero-order valence-corrected chi connectivity index (χ0v) is 10.8. The number of hydrogen-bond donors (Lipinski definition) is 2. The number of aromatic amines is 1. The fraction of sp³-hybridized carbons (Fsp3) is 0.273. The van der Waals surface area contributed by atoms with Crippen LogP contribution in [0.5, 0.6) is 11.5 Å². The summed E-state index contributed by atoms with van der Waals surface area (Å²) in [5.74, 6) is 1.62. The van der Waals surface area contributed by atoms with Crippen molar-refractivity contribution in [2.24, 2.45) is 5.10 Å². The molecule has 0 spiro atoms. The van der Waals surface area contributed by atoms with Crippen molar-refractivity contribution in [2.75, 3.05) is 19.6 Å². The number of nitrogens with zero attached hydrogens (tertiary/aromatic N) is 4. The summed E-state index contributed by atoms with van der Waals surface area (Å²) in [6.45, 7) is 1.86. The molecule has 8 heteroatoms. The average Bonchev–Trinajstić information content (AvgIpc) is 2.97. The number of benzene rings is 1. The van der Waals surface area contributed by atoms with E-state index in [0.29, 0.717) is 17.4 Å². The maximum absolute atomic E-state index is 5.24. The zero-order chi connectivity index (χ0) is 13.7. The number of nitrogens with one attached hydrogen (secondary N) is 2. The minimum absolute atomic E-state index is 0.305. The topological polar surface area (TPSA) is 97.3 Å². The van der Waals surface area contributed by atoms with E-state index < -0.39 is 0 Å². The first-order valence-corrected chi connectivity index (χ1v) is 5.50. The van der Waals surface area contributed by atoms with Crippen molar-refractivity contribution in [2.45, 2.75) is 6.92 Å². The van der Waals surface area contributed by atoms with Gasteiger partial charge in [-0.15, -0.1) is 5.10 Å². The van der Waals surface area contributed by atoms with E-state index in [0.717, 1.165) is 11.3 Å². The maximum atomic E-state index is 5.24. The summed E-state index contributed by atoms with van der Waals surface area (Å²) in [4.78, 5) is 0. The summed E-state index contributed by atoms with van der Waals surface area (Å²) in [7, 11) is 3.18. The van der Waals surface area contributed by atoms with E-state index in [9.17, 15) is 0 Å². The monoisotopic (exact) mass is 262 g/mol. The van der Waals surface area contributed by atoms with E-state index in [-0.39, 0.29) is 0 Å². The zero-order valence-electron chi connectivity index (χ0n) is 10.8. The van der Waals surface area contributed by atoms with Gasteiger partial charge in [-0.25, -0.2) is 5.43 Å². The number of tetrazole rings is 1. The van der Waals surface area contributed by atoms with Crippen molar-refractivity contribution in [3.63, 3.8) is 0 Å². The maximum Gasteiger partial charge on any atom is 0.283 e. The van der Waals surface area contributed by atoms with Crippen molar-refractivity contribution in [3.05, 3.63) is 23.8 Å². The molecule has 0 fully saturated rings. The molecule has 1 aromatic heterocycles. The van der Waals surface area contributed by atoms with Crippen LogP contribution in [0.4, 0.5) is 5.95 Å².